The Bertz CT molecular complexity index is 686. The molecule has 0 aromatic heterocycles. The average molecular weight is 342 g/mol. The van der Waals surface area contributed by atoms with E-state index < -0.39 is 31.9 Å². The number of esters is 3. The van der Waals surface area contributed by atoms with Crippen molar-refractivity contribution in [2.24, 2.45) is 0 Å². The van der Waals surface area contributed by atoms with Crippen LogP contribution in [0, 0.1) is 0 Å². The summed E-state index contributed by atoms with van der Waals surface area (Å²) in [5.74, 6) is -2.41. The van der Waals surface area contributed by atoms with Crippen molar-refractivity contribution in [1.29, 1.82) is 0 Å². The van der Waals surface area contributed by atoms with Crippen LogP contribution >= 0.6 is 7.60 Å². The molecule has 0 N–H and O–H groups in total. The van der Waals surface area contributed by atoms with E-state index in [9.17, 15) is 18.9 Å². The Morgan fingerprint density at radius 3 is 2.30 bits per heavy atom. The van der Waals surface area contributed by atoms with Gasteiger partial charge in [-0.05, 0) is 32.0 Å². The van der Waals surface area contributed by atoms with Crippen molar-refractivity contribution in [2.45, 2.75) is 13.8 Å². The molecule has 1 aliphatic rings. The lowest BCUT2D eigenvalue weighted by Crippen LogP contribution is -2.10. The van der Waals surface area contributed by atoms with Crippen LogP contribution in [-0.4, -0.2) is 37.5 Å². The van der Waals surface area contributed by atoms with E-state index in [-0.39, 0.29) is 29.9 Å². The molecule has 8 nitrogen and oxygen atoms in total. The highest BCUT2D eigenvalue weighted by atomic mass is 31.2. The summed E-state index contributed by atoms with van der Waals surface area (Å²) < 4.78 is 31.5. The minimum absolute atomic E-state index is 0.0118. The summed E-state index contributed by atoms with van der Waals surface area (Å²) in [6, 6.07) is 3.80. The fourth-order valence-electron chi connectivity index (χ4n) is 1.94. The summed E-state index contributed by atoms with van der Waals surface area (Å²) in [7, 11) is -3.52. The van der Waals surface area contributed by atoms with Crippen molar-refractivity contribution < 1.29 is 37.5 Å². The maximum Gasteiger partial charge on any atom is 0.367 e. The van der Waals surface area contributed by atoms with Crippen LogP contribution in [0.25, 0.3) is 0 Å². The molecular formula is C14H15O8P. The average Bonchev–Trinajstić information content (AvgIpc) is 2.80. The van der Waals surface area contributed by atoms with Gasteiger partial charge in [-0.25, -0.2) is 14.4 Å². The molecule has 2 rings (SSSR count). The predicted octanol–water partition coefficient (Wildman–Crippen LogP) is 2.38. The lowest BCUT2D eigenvalue weighted by molar-refractivity contribution is 0.0443. The van der Waals surface area contributed by atoms with Crippen molar-refractivity contribution in [1.82, 2.24) is 0 Å². The second-order valence-electron chi connectivity index (χ2n) is 4.44. The van der Waals surface area contributed by atoms with Gasteiger partial charge >= 0.3 is 25.5 Å². The topological polar surface area (TPSA) is 105 Å². The van der Waals surface area contributed by atoms with E-state index >= 15 is 0 Å². The third-order valence-corrected chi connectivity index (χ3v) is 4.63. The van der Waals surface area contributed by atoms with Gasteiger partial charge in [0.1, 0.15) is 0 Å². The second kappa shape index (κ2) is 7.04. The first-order valence-corrected chi connectivity index (χ1v) is 8.58. The molecule has 124 valence electrons. The van der Waals surface area contributed by atoms with Gasteiger partial charge in [-0.3, -0.25) is 4.57 Å². The number of hydrogen-bond donors (Lipinski definition) is 0. The number of fused-ring (bicyclic) bond motifs is 1. The molecule has 9 heteroatoms. The summed E-state index contributed by atoms with van der Waals surface area (Å²) >= 11 is 0. The van der Waals surface area contributed by atoms with Gasteiger partial charge in [0, 0.05) is 0 Å². The zero-order valence-electron chi connectivity index (χ0n) is 12.6. The largest absolute Gasteiger partial charge is 0.449 e. The summed E-state index contributed by atoms with van der Waals surface area (Å²) in [6.45, 7) is 3.55. The molecule has 23 heavy (non-hydrogen) atoms. The van der Waals surface area contributed by atoms with Crippen LogP contribution in [-0.2, 0) is 23.1 Å². The first-order chi connectivity index (χ1) is 10.9. The molecule has 1 aliphatic heterocycles. The standard InChI is InChI=1S/C14H15O8P/c1-3-20-23(18,21-4-2)8-19-12(15)9-5-6-10-11(7-9)14(17)22-13(10)16/h5-7H,3-4,8H2,1-2H3. The number of carbonyl (C=O) groups excluding carboxylic acids is 3. The smallest absolute Gasteiger partial charge is 0.367 e. The molecule has 0 saturated heterocycles. The van der Waals surface area contributed by atoms with Gasteiger partial charge in [0.15, 0.2) is 6.35 Å². The quantitative estimate of drug-likeness (QED) is 0.422. The molecule has 0 unspecified atom stereocenters. The highest BCUT2D eigenvalue weighted by molar-refractivity contribution is 7.53. The van der Waals surface area contributed by atoms with Crippen molar-refractivity contribution in [3.8, 4) is 0 Å². The monoisotopic (exact) mass is 342 g/mol. The van der Waals surface area contributed by atoms with E-state index in [1.807, 2.05) is 0 Å². The zero-order chi connectivity index (χ0) is 17.0. The Balaban J connectivity index is 2.10. The SMILES string of the molecule is CCOP(=O)(COC(=O)c1ccc2c(c1)C(=O)OC2=O)OCC. The second-order valence-corrected chi connectivity index (χ2v) is 6.44. The number of rotatable bonds is 7. The van der Waals surface area contributed by atoms with Gasteiger partial charge in [0.2, 0.25) is 0 Å². The van der Waals surface area contributed by atoms with Crippen molar-refractivity contribution >= 4 is 25.5 Å². The van der Waals surface area contributed by atoms with Crippen LogP contribution in [0.15, 0.2) is 18.2 Å². The van der Waals surface area contributed by atoms with Crippen molar-refractivity contribution in [3.05, 3.63) is 34.9 Å². The summed E-state index contributed by atoms with van der Waals surface area (Å²) in [4.78, 5) is 34.8. The Hall–Kier alpha value is -2.02. The lowest BCUT2D eigenvalue weighted by Gasteiger charge is -2.16. The normalized spacial score (nSPS) is 13.7. The molecule has 0 radical (unpaired) electrons. The van der Waals surface area contributed by atoms with Gasteiger partial charge in [-0.1, -0.05) is 0 Å². The van der Waals surface area contributed by atoms with Crippen LogP contribution in [0.3, 0.4) is 0 Å². The fourth-order valence-corrected chi connectivity index (χ4v) is 3.22. The molecule has 0 spiro atoms. The third-order valence-electron chi connectivity index (χ3n) is 2.89. The molecule has 0 atom stereocenters. The Kier molecular flexibility index (Phi) is 5.30. The number of hydrogen-bond acceptors (Lipinski definition) is 8. The summed E-state index contributed by atoms with van der Waals surface area (Å²) in [5.41, 5.74) is 0.0954. The van der Waals surface area contributed by atoms with Crippen LogP contribution < -0.4 is 0 Å². The van der Waals surface area contributed by atoms with E-state index in [0.717, 1.165) is 0 Å². The molecule has 1 aromatic carbocycles. The number of carbonyl (C=O) groups is 3. The summed E-state index contributed by atoms with van der Waals surface area (Å²) in [6.07, 6.45) is -0.548. The van der Waals surface area contributed by atoms with Crippen LogP contribution in [0.2, 0.25) is 0 Å². The minimum Gasteiger partial charge on any atom is -0.449 e. The molecule has 0 fully saturated rings. The third kappa shape index (κ3) is 3.85. The van der Waals surface area contributed by atoms with Crippen molar-refractivity contribution in [3.63, 3.8) is 0 Å². The first-order valence-electron chi connectivity index (χ1n) is 6.86. The highest BCUT2D eigenvalue weighted by Crippen LogP contribution is 2.47. The Morgan fingerprint density at radius 1 is 1.09 bits per heavy atom. The van der Waals surface area contributed by atoms with Crippen LogP contribution in [0.4, 0.5) is 0 Å². The van der Waals surface area contributed by atoms with Gasteiger partial charge in [-0.2, -0.15) is 0 Å². The van der Waals surface area contributed by atoms with E-state index in [2.05, 4.69) is 4.74 Å². The van der Waals surface area contributed by atoms with E-state index in [0.29, 0.717) is 0 Å². The molecule has 1 aromatic rings. The first kappa shape index (κ1) is 17.3. The highest BCUT2D eigenvalue weighted by Gasteiger charge is 2.31. The predicted molar refractivity (Wildman–Crippen MR) is 77.3 cm³/mol. The molecule has 1 heterocycles. The van der Waals surface area contributed by atoms with Gasteiger partial charge in [0.25, 0.3) is 0 Å². The number of ether oxygens (including phenoxy) is 2. The molecule has 0 aliphatic carbocycles. The van der Waals surface area contributed by atoms with Gasteiger partial charge in [-0.15, -0.1) is 0 Å². The number of cyclic esters (lactones) is 2. The van der Waals surface area contributed by atoms with E-state index in [1.165, 1.54) is 18.2 Å². The molecule has 0 bridgehead atoms. The summed E-state index contributed by atoms with van der Waals surface area (Å²) in [5, 5.41) is 0. The molecular weight excluding hydrogens is 327 g/mol. The Morgan fingerprint density at radius 2 is 1.70 bits per heavy atom. The van der Waals surface area contributed by atoms with Crippen LogP contribution in [0.5, 0.6) is 0 Å². The van der Waals surface area contributed by atoms with E-state index in [4.69, 9.17) is 13.8 Å². The van der Waals surface area contributed by atoms with Gasteiger partial charge < -0.3 is 18.5 Å². The van der Waals surface area contributed by atoms with Crippen molar-refractivity contribution in [2.75, 3.05) is 19.6 Å². The minimum atomic E-state index is -3.52. The number of benzene rings is 1. The molecule has 0 saturated carbocycles. The fraction of sp³-hybridized carbons (Fsp3) is 0.357. The Labute approximate surface area is 132 Å². The zero-order valence-corrected chi connectivity index (χ0v) is 13.5. The van der Waals surface area contributed by atoms with E-state index in [1.54, 1.807) is 13.8 Å². The maximum absolute atomic E-state index is 12.2. The lowest BCUT2D eigenvalue weighted by atomic mass is 10.1. The van der Waals surface area contributed by atoms with Gasteiger partial charge in [0.05, 0.1) is 29.9 Å². The molecule has 0 amide bonds. The van der Waals surface area contributed by atoms with Crippen LogP contribution in [0.1, 0.15) is 44.9 Å². The maximum atomic E-state index is 12.2.